The van der Waals surface area contributed by atoms with E-state index in [0.717, 1.165) is 25.3 Å². The Labute approximate surface area is 89.4 Å². The quantitative estimate of drug-likeness (QED) is 0.822. The molecule has 1 aliphatic heterocycles. The van der Waals surface area contributed by atoms with Crippen molar-refractivity contribution in [3.63, 3.8) is 0 Å². The second-order valence-electron chi connectivity index (χ2n) is 3.91. The summed E-state index contributed by atoms with van der Waals surface area (Å²) in [7, 11) is 0. The molecule has 15 heavy (non-hydrogen) atoms. The maximum atomic E-state index is 12.7. The van der Waals surface area contributed by atoms with Crippen LogP contribution in [0.25, 0.3) is 0 Å². The highest BCUT2D eigenvalue weighted by Crippen LogP contribution is 2.25. The van der Waals surface area contributed by atoms with Gasteiger partial charge in [0.2, 0.25) is 0 Å². The number of rotatable bonds is 3. The molecule has 1 N–H and O–H groups in total. The van der Waals surface area contributed by atoms with Crippen LogP contribution >= 0.6 is 0 Å². The van der Waals surface area contributed by atoms with Gasteiger partial charge in [0.1, 0.15) is 18.5 Å². The first kappa shape index (κ1) is 10.4. The van der Waals surface area contributed by atoms with Crippen LogP contribution in [-0.4, -0.2) is 19.3 Å². The van der Waals surface area contributed by atoms with E-state index in [0.29, 0.717) is 0 Å². The second-order valence-corrected chi connectivity index (χ2v) is 3.91. The molecule has 1 aromatic rings. The molecule has 3 heteroatoms. The molecule has 1 aliphatic rings. The van der Waals surface area contributed by atoms with Crippen LogP contribution in [0.2, 0.25) is 0 Å². The fraction of sp³-hybridized carbons (Fsp3) is 0.500. The van der Waals surface area contributed by atoms with Crippen LogP contribution in [0.3, 0.4) is 0 Å². The summed E-state index contributed by atoms with van der Waals surface area (Å²) in [6.07, 6.45) is 0.106. The Hall–Kier alpha value is -1.09. The highest BCUT2D eigenvalue weighted by molar-refractivity contribution is 5.41. The Morgan fingerprint density at radius 2 is 2.40 bits per heavy atom. The fourth-order valence-corrected chi connectivity index (χ4v) is 1.82. The minimum atomic E-state index is -0.919. The Morgan fingerprint density at radius 1 is 1.53 bits per heavy atom. The first-order chi connectivity index (χ1) is 7.27. The van der Waals surface area contributed by atoms with E-state index in [-0.39, 0.29) is 6.61 Å². The van der Waals surface area contributed by atoms with Gasteiger partial charge in [-0.3, -0.25) is 0 Å². The number of hydrogen-bond acceptors (Lipinski definition) is 2. The Balaban J connectivity index is 2.16. The number of alkyl halides is 1. The summed E-state index contributed by atoms with van der Waals surface area (Å²) in [6.45, 7) is 3.48. The molecule has 2 rings (SSSR count). The number of hydrogen-bond donors (Lipinski definition) is 1. The van der Waals surface area contributed by atoms with Gasteiger partial charge in [-0.2, -0.15) is 0 Å². The fourth-order valence-electron chi connectivity index (χ4n) is 1.82. The summed E-state index contributed by atoms with van der Waals surface area (Å²) in [6, 6.07) is 6.00. The Kier molecular flexibility index (Phi) is 3.21. The number of fused-ring (bicyclic) bond motifs is 1. The molecule has 0 aromatic heterocycles. The molecule has 0 fully saturated rings. The van der Waals surface area contributed by atoms with Gasteiger partial charge in [-0.15, -0.1) is 0 Å². The van der Waals surface area contributed by atoms with Crippen molar-refractivity contribution in [2.24, 2.45) is 0 Å². The lowest BCUT2D eigenvalue weighted by Gasteiger charge is -2.20. The van der Waals surface area contributed by atoms with E-state index < -0.39 is 6.17 Å². The van der Waals surface area contributed by atoms with Crippen molar-refractivity contribution in [2.45, 2.75) is 26.1 Å². The van der Waals surface area contributed by atoms with Gasteiger partial charge in [-0.05, 0) is 31.5 Å². The largest absolute Gasteiger partial charge is 0.490 e. The van der Waals surface area contributed by atoms with Gasteiger partial charge in [0.05, 0.1) is 0 Å². The summed E-state index contributed by atoms with van der Waals surface area (Å²) in [4.78, 5) is 0. The van der Waals surface area contributed by atoms with Crippen molar-refractivity contribution >= 4 is 0 Å². The van der Waals surface area contributed by atoms with E-state index in [1.165, 1.54) is 18.1 Å². The zero-order valence-corrected chi connectivity index (χ0v) is 8.92. The first-order valence-electron chi connectivity index (χ1n) is 5.35. The SMILES string of the molecule is CC(F)COc1cccc2c1CNCC2. The van der Waals surface area contributed by atoms with Crippen LogP contribution in [-0.2, 0) is 13.0 Å². The van der Waals surface area contributed by atoms with E-state index in [4.69, 9.17) is 4.74 Å². The highest BCUT2D eigenvalue weighted by atomic mass is 19.1. The highest BCUT2D eigenvalue weighted by Gasteiger charge is 2.13. The molecule has 2 nitrogen and oxygen atoms in total. The average Bonchev–Trinajstić information content (AvgIpc) is 2.26. The second kappa shape index (κ2) is 4.62. The van der Waals surface area contributed by atoms with Gasteiger partial charge < -0.3 is 10.1 Å². The predicted octanol–water partition coefficient (Wildman–Crippen LogP) is 2.07. The third-order valence-corrected chi connectivity index (χ3v) is 2.57. The van der Waals surface area contributed by atoms with Gasteiger partial charge in [0.15, 0.2) is 0 Å². The summed E-state index contributed by atoms with van der Waals surface area (Å²) >= 11 is 0. The lowest BCUT2D eigenvalue weighted by Crippen LogP contribution is -2.24. The maximum absolute atomic E-state index is 12.7. The molecule has 1 unspecified atom stereocenters. The van der Waals surface area contributed by atoms with Gasteiger partial charge in [0.25, 0.3) is 0 Å². The molecule has 1 atom stereocenters. The monoisotopic (exact) mass is 209 g/mol. The third-order valence-electron chi connectivity index (χ3n) is 2.57. The van der Waals surface area contributed by atoms with Crippen LogP contribution < -0.4 is 10.1 Å². The topological polar surface area (TPSA) is 21.3 Å². The van der Waals surface area contributed by atoms with Crippen molar-refractivity contribution in [1.82, 2.24) is 5.32 Å². The normalized spacial score (nSPS) is 16.9. The van der Waals surface area contributed by atoms with Crippen molar-refractivity contribution in [1.29, 1.82) is 0 Å². The maximum Gasteiger partial charge on any atom is 0.131 e. The summed E-state index contributed by atoms with van der Waals surface area (Å²) < 4.78 is 18.1. The van der Waals surface area contributed by atoms with Crippen molar-refractivity contribution < 1.29 is 9.13 Å². The van der Waals surface area contributed by atoms with E-state index >= 15 is 0 Å². The summed E-state index contributed by atoms with van der Waals surface area (Å²) in [5.74, 6) is 0.823. The van der Waals surface area contributed by atoms with Crippen LogP contribution in [0.15, 0.2) is 18.2 Å². The van der Waals surface area contributed by atoms with Gasteiger partial charge in [-0.1, -0.05) is 12.1 Å². The summed E-state index contributed by atoms with van der Waals surface area (Å²) in [5.41, 5.74) is 2.50. The molecular weight excluding hydrogens is 193 g/mol. The lowest BCUT2D eigenvalue weighted by molar-refractivity contribution is 0.207. The molecule has 0 saturated heterocycles. The Morgan fingerprint density at radius 3 is 3.20 bits per heavy atom. The van der Waals surface area contributed by atoms with Crippen molar-refractivity contribution in [3.05, 3.63) is 29.3 Å². The van der Waals surface area contributed by atoms with Crippen molar-refractivity contribution in [3.8, 4) is 5.75 Å². The Bertz CT molecular complexity index is 338. The number of halogens is 1. The van der Waals surface area contributed by atoms with Gasteiger partial charge >= 0.3 is 0 Å². The zero-order chi connectivity index (χ0) is 10.7. The smallest absolute Gasteiger partial charge is 0.131 e. The molecular formula is C12H16FNO. The number of nitrogens with one attached hydrogen (secondary N) is 1. The van der Waals surface area contributed by atoms with E-state index in [9.17, 15) is 4.39 Å². The van der Waals surface area contributed by atoms with Crippen LogP contribution in [0.1, 0.15) is 18.1 Å². The van der Waals surface area contributed by atoms with E-state index in [1.54, 1.807) is 0 Å². The molecule has 0 bridgehead atoms. The molecule has 0 saturated carbocycles. The average molecular weight is 209 g/mol. The first-order valence-corrected chi connectivity index (χ1v) is 5.35. The number of ether oxygens (including phenoxy) is 1. The van der Waals surface area contributed by atoms with Gasteiger partial charge in [-0.25, -0.2) is 4.39 Å². The van der Waals surface area contributed by atoms with Crippen LogP contribution in [0.5, 0.6) is 5.75 Å². The molecule has 1 heterocycles. The van der Waals surface area contributed by atoms with Gasteiger partial charge in [0, 0.05) is 12.1 Å². The third kappa shape index (κ3) is 2.48. The zero-order valence-electron chi connectivity index (χ0n) is 8.92. The van der Waals surface area contributed by atoms with Crippen LogP contribution in [0.4, 0.5) is 4.39 Å². The van der Waals surface area contributed by atoms with E-state index in [2.05, 4.69) is 11.4 Å². The molecule has 1 aromatic carbocycles. The molecule has 0 amide bonds. The summed E-state index contributed by atoms with van der Waals surface area (Å²) in [5, 5.41) is 3.30. The predicted molar refractivity (Wildman–Crippen MR) is 57.9 cm³/mol. The lowest BCUT2D eigenvalue weighted by atomic mass is 10.0. The minimum Gasteiger partial charge on any atom is -0.490 e. The molecule has 0 aliphatic carbocycles. The molecule has 0 spiro atoms. The molecule has 82 valence electrons. The van der Waals surface area contributed by atoms with E-state index in [1.807, 2.05) is 12.1 Å². The van der Waals surface area contributed by atoms with Crippen LogP contribution in [0, 0.1) is 0 Å². The molecule has 0 radical (unpaired) electrons. The minimum absolute atomic E-state index is 0.135. The van der Waals surface area contributed by atoms with Crippen molar-refractivity contribution in [2.75, 3.05) is 13.2 Å². The number of benzene rings is 1. The standard InChI is InChI=1S/C12H16FNO/c1-9(13)8-15-12-4-2-3-10-5-6-14-7-11(10)12/h2-4,9,14H,5-8H2,1H3.